The molecular formula is C20H22N2O2S. The first-order chi connectivity index (χ1) is 12.0. The molecule has 0 spiro atoms. The second kappa shape index (κ2) is 6.00. The van der Waals surface area contributed by atoms with Crippen LogP contribution in [0.5, 0.6) is 0 Å². The Morgan fingerprint density at radius 1 is 1.00 bits per heavy atom. The second-order valence-electron chi connectivity index (χ2n) is 6.76. The predicted octanol–water partition coefficient (Wildman–Crippen LogP) is 3.62. The molecule has 1 aromatic heterocycles. The first-order valence-electron chi connectivity index (χ1n) is 8.60. The summed E-state index contributed by atoms with van der Waals surface area (Å²) in [5, 5.41) is 1.24. The van der Waals surface area contributed by atoms with Crippen molar-refractivity contribution < 1.29 is 8.42 Å². The molecule has 0 unspecified atom stereocenters. The van der Waals surface area contributed by atoms with Crippen molar-refractivity contribution in [2.75, 3.05) is 6.54 Å². The molecule has 0 amide bonds. The summed E-state index contributed by atoms with van der Waals surface area (Å²) >= 11 is 0. The van der Waals surface area contributed by atoms with Crippen LogP contribution in [0.25, 0.3) is 10.9 Å². The molecule has 4 rings (SSSR count). The Hall–Kier alpha value is -2.11. The zero-order valence-electron chi connectivity index (χ0n) is 14.6. The van der Waals surface area contributed by atoms with Crippen LogP contribution in [0.4, 0.5) is 0 Å². The van der Waals surface area contributed by atoms with Crippen molar-refractivity contribution in [1.82, 2.24) is 8.87 Å². The molecule has 1 aliphatic rings. The molecule has 4 nitrogen and oxygen atoms in total. The average molecular weight is 354 g/mol. The number of fused-ring (bicyclic) bond motifs is 3. The average Bonchev–Trinajstić information content (AvgIpc) is 2.77. The molecule has 0 bridgehead atoms. The zero-order chi connectivity index (χ0) is 17.6. The van der Waals surface area contributed by atoms with Gasteiger partial charge in [0.05, 0.1) is 11.4 Å². The third-order valence-corrected chi connectivity index (χ3v) is 7.02. The number of aryl methyl sites for hydroxylation is 3. The lowest BCUT2D eigenvalue weighted by Crippen LogP contribution is -2.31. The van der Waals surface area contributed by atoms with Crippen molar-refractivity contribution in [1.29, 1.82) is 0 Å². The lowest BCUT2D eigenvalue weighted by atomic mass is 10.1. The topological polar surface area (TPSA) is 42.3 Å². The summed E-state index contributed by atoms with van der Waals surface area (Å²) in [4.78, 5) is 0.375. The summed E-state index contributed by atoms with van der Waals surface area (Å²) in [5.41, 5.74) is 4.63. The Morgan fingerprint density at radius 2 is 1.72 bits per heavy atom. The van der Waals surface area contributed by atoms with Crippen molar-refractivity contribution in [3.63, 3.8) is 0 Å². The van der Waals surface area contributed by atoms with E-state index in [4.69, 9.17) is 0 Å². The molecule has 2 heterocycles. The van der Waals surface area contributed by atoms with E-state index in [-0.39, 0.29) is 0 Å². The molecule has 0 aliphatic carbocycles. The second-order valence-corrected chi connectivity index (χ2v) is 8.69. The van der Waals surface area contributed by atoms with Gasteiger partial charge in [0.1, 0.15) is 0 Å². The van der Waals surface area contributed by atoms with Crippen molar-refractivity contribution in [3.05, 3.63) is 65.4 Å². The Balaban J connectivity index is 1.78. The largest absolute Gasteiger partial charge is 0.346 e. The normalized spacial score (nSPS) is 15.9. The van der Waals surface area contributed by atoms with Gasteiger partial charge in [-0.05, 0) is 43.5 Å². The lowest BCUT2D eigenvalue weighted by molar-refractivity contribution is 0.403. The van der Waals surface area contributed by atoms with Gasteiger partial charge < -0.3 is 4.57 Å². The lowest BCUT2D eigenvalue weighted by Gasteiger charge is -2.21. The minimum Gasteiger partial charge on any atom is -0.346 e. The van der Waals surface area contributed by atoms with Gasteiger partial charge in [-0.3, -0.25) is 0 Å². The van der Waals surface area contributed by atoms with Crippen LogP contribution in [-0.4, -0.2) is 23.8 Å². The maximum absolute atomic E-state index is 13.1. The van der Waals surface area contributed by atoms with Gasteiger partial charge in [-0.1, -0.05) is 35.9 Å². The highest BCUT2D eigenvalue weighted by molar-refractivity contribution is 7.89. The molecule has 0 radical (unpaired) electrons. The monoisotopic (exact) mass is 354 g/mol. The maximum atomic E-state index is 13.1. The summed E-state index contributed by atoms with van der Waals surface area (Å²) in [6.45, 7) is 2.94. The smallest absolute Gasteiger partial charge is 0.243 e. The Bertz CT molecular complexity index is 1030. The van der Waals surface area contributed by atoms with Crippen LogP contribution in [0.15, 0.2) is 53.4 Å². The van der Waals surface area contributed by atoms with Gasteiger partial charge in [0.25, 0.3) is 0 Å². The van der Waals surface area contributed by atoms with Gasteiger partial charge in [0.2, 0.25) is 10.0 Å². The highest BCUT2D eigenvalue weighted by atomic mass is 32.2. The van der Waals surface area contributed by atoms with Gasteiger partial charge in [0, 0.05) is 30.2 Å². The highest BCUT2D eigenvalue weighted by Crippen LogP contribution is 2.31. The fourth-order valence-electron chi connectivity index (χ4n) is 3.75. The molecule has 5 heteroatoms. The van der Waals surface area contributed by atoms with E-state index in [0.717, 1.165) is 24.1 Å². The first kappa shape index (κ1) is 16.4. The molecule has 0 saturated carbocycles. The Labute approximate surface area is 148 Å². The van der Waals surface area contributed by atoms with Crippen LogP contribution in [-0.2, 0) is 30.0 Å². The number of para-hydroxylation sites is 1. The van der Waals surface area contributed by atoms with Crippen molar-refractivity contribution in [2.45, 2.75) is 31.2 Å². The number of hydrogen-bond acceptors (Lipinski definition) is 2. The number of benzene rings is 2. The molecule has 2 aromatic carbocycles. The summed E-state index contributed by atoms with van der Waals surface area (Å²) in [6, 6.07) is 15.4. The summed E-state index contributed by atoms with van der Waals surface area (Å²) in [5.74, 6) is 0. The highest BCUT2D eigenvalue weighted by Gasteiger charge is 2.29. The van der Waals surface area contributed by atoms with Crippen molar-refractivity contribution >= 4 is 20.9 Å². The van der Waals surface area contributed by atoms with E-state index in [1.807, 2.05) is 38.2 Å². The van der Waals surface area contributed by atoms with Gasteiger partial charge in [0.15, 0.2) is 0 Å². The third kappa shape index (κ3) is 2.68. The van der Waals surface area contributed by atoms with Crippen LogP contribution >= 0.6 is 0 Å². The molecule has 3 aromatic rings. The SMILES string of the molecule is Cc1ccc(S(=O)(=O)N2CCCc3c(n(C)c4ccccc34)C2)cc1. The van der Waals surface area contributed by atoms with E-state index >= 15 is 0 Å². The molecule has 0 atom stereocenters. The van der Waals surface area contributed by atoms with Crippen LogP contribution < -0.4 is 0 Å². The minimum atomic E-state index is -3.48. The van der Waals surface area contributed by atoms with Crippen molar-refractivity contribution in [3.8, 4) is 0 Å². The minimum absolute atomic E-state index is 0.375. The summed E-state index contributed by atoms with van der Waals surface area (Å²) in [7, 11) is -1.45. The number of rotatable bonds is 2. The van der Waals surface area contributed by atoms with E-state index < -0.39 is 10.0 Å². The molecule has 0 N–H and O–H groups in total. The number of sulfonamides is 1. The fourth-order valence-corrected chi connectivity index (χ4v) is 5.19. The summed E-state index contributed by atoms with van der Waals surface area (Å²) in [6.07, 6.45) is 1.75. The molecule has 0 fully saturated rings. The Morgan fingerprint density at radius 3 is 2.48 bits per heavy atom. The standard InChI is InChI=1S/C20H22N2O2S/c1-15-9-11-16(12-10-15)25(23,24)22-13-5-7-18-17-6-3-4-8-19(17)21(2)20(18)14-22/h3-4,6,8-12H,5,7,13-14H2,1-2H3. The maximum Gasteiger partial charge on any atom is 0.243 e. The van der Waals surface area contributed by atoms with Crippen LogP contribution in [0.1, 0.15) is 23.2 Å². The van der Waals surface area contributed by atoms with Crippen LogP contribution in [0.3, 0.4) is 0 Å². The Kier molecular flexibility index (Phi) is 3.93. The first-order valence-corrected chi connectivity index (χ1v) is 10.0. The van der Waals surface area contributed by atoms with Gasteiger partial charge in [-0.2, -0.15) is 4.31 Å². The van der Waals surface area contributed by atoms with E-state index in [2.05, 4.69) is 16.7 Å². The van der Waals surface area contributed by atoms with E-state index in [0.29, 0.717) is 18.0 Å². The van der Waals surface area contributed by atoms with E-state index in [1.54, 1.807) is 16.4 Å². The number of nitrogens with zero attached hydrogens (tertiary/aromatic N) is 2. The van der Waals surface area contributed by atoms with E-state index in [9.17, 15) is 8.42 Å². The van der Waals surface area contributed by atoms with Crippen LogP contribution in [0.2, 0.25) is 0 Å². The molecule has 25 heavy (non-hydrogen) atoms. The number of aromatic nitrogens is 1. The fraction of sp³-hybridized carbons (Fsp3) is 0.300. The number of hydrogen-bond donors (Lipinski definition) is 0. The van der Waals surface area contributed by atoms with Gasteiger partial charge in [-0.25, -0.2) is 8.42 Å². The third-order valence-electron chi connectivity index (χ3n) is 5.16. The van der Waals surface area contributed by atoms with Crippen molar-refractivity contribution in [2.24, 2.45) is 7.05 Å². The van der Waals surface area contributed by atoms with Gasteiger partial charge >= 0.3 is 0 Å². The molecular weight excluding hydrogens is 332 g/mol. The zero-order valence-corrected chi connectivity index (χ0v) is 15.4. The molecule has 1 aliphatic heterocycles. The van der Waals surface area contributed by atoms with Crippen LogP contribution in [0, 0.1) is 6.92 Å². The van der Waals surface area contributed by atoms with E-state index in [1.165, 1.54) is 16.5 Å². The predicted molar refractivity (Wildman–Crippen MR) is 100 cm³/mol. The quantitative estimate of drug-likeness (QED) is 0.705. The molecule has 130 valence electrons. The molecule has 0 saturated heterocycles. The van der Waals surface area contributed by atoms with Gasteiger partial charge in [-0.15, -0.1) is 0 Å². The summed E-state index contributed by atoms with van der Waals surface area (Å²) < 4.78 is 30.0.